The Morgan fingerprint density at radius 2 is 1.83 bits per heavy atom. The Balaban J connectivity index is 1.30. The maximum atomic E-state index is 13.2. The number of piperidine rings is 1. The Labute approximate surface area is 208 Å². The summed E-state index contributed by atoms with van der Waals surface area (Å²) in [7, 11) is 1.51. The number of nitrogens with one attached hydrogen (secondary N) is 1. The minimum absolute atomic E-state index is 0.0615. The molecule has 0 radical (unpaired) electrons. The standard InChI is InChI=1S/C26H44N2O7/c1-25(2,3)35-24(32)27-14-16-5-6-20-18(11-16)26(15-34-20)7-9-28(10-8-26)23(31)17-12-19(29)22(30)21(13-17)33-4/h16-22,29-30H,5-15H2,1-4H3,(H,27,32). The van der Waals surface area contributed by atoms with Crippen LogP contribution in [0.4, 0.5) is 4.79 Å². The van der Waals surface area contributed by atoms with Gasteiger partial charge in [0.2, 0.25) is 5.91 Å². The number of amides is 2. The predicted octanol–water partition coefficient (Wildman–Crippen LogP) is 2.08. The molecule has 7 unspecified atom stereocenters. The second kappa shape index (κ2) is 10.5. The molecular formula is C26H44N2O7. The zero-order chi connectivity index (χ0) is 25.4. The molecule has 9 heteroatoms. The average Bonchev–Trinajstić information content (AvgIpc) is 3.15. The van der Waals surface area contributed by atoms with Gasteiger partial charge in [-0.05, 0) is 77.6 Å². The van der Waals surface area contributed by atoms with Crippen LogP contribution in [0.25, 0.3) is 0 Å². The van der Waals surface area contributed by atoms with Crippen molar-refractivity contribution < 1.29 is 34.0 Å². The summed E-state index contributed by atoms with van der Waals surface area (Å²) in [6, 6.07) is 0. The van der Waals surface area contributed by atoms with Gasteiger partial charge in [-0.3, -0.25) is 4.79 Å². The third-order valence-electron chi connectivity index (χ3n) is 8.74. The largest absolute Gasteiger partial charge is 0.444 e. The molecule has 1 spiro atoms. The topological polar surface area (TPSA) is 118 Å². The number of rotatable bonds is 4. The molecule has 2 saturated carbocycles. The first-order chi connectivity index (χ1) is 16.5. The molecule has 2 aliphatic heterocycles. The van der Waals surface area contributed by atoms with Gasteiger partial charge in [0.25, 0.3) is 0 Å². The zero-order valence-electron chi connectivity index (χ0n) is 21.7. The van der Waals surface area contributed by atoms with E-state index >= 15 is 0 Å². The van der Waals surface area contributed by atoms with E-state index < -0.39 is 23.9 Å². The molecule has 0 aromatic heterocycles. The SMILES string of the molecule is COC1CC(C(=O)N2CCC3(CC2)COC2CCC(CNC(=O)OC(C)(C)C)CC23)CC(O)C1O. The Morgan fingerprint density at radius 3 is 2.49 bits per heavy atom. The lowest BCUT2D eigenvalue weighted by Gasteiger charge is -2.46. The lowest BCUT2D eigenvalue weighted by atomic mass is 9.63. The molecule has 2 heterocycles. The van der Waals surface area contributed by atoms with E-state index in [1.54, 1.807) is 0 Å². The summed E-state index contributed by atoms with van der Waals surface area (Å²) in [6.07, 6.45) is 3.14. The zero-order valence-corrected chi connectivity index (χ0v) is 21.7. The van der Waals surface area contributed by atoms with Gasteiger partial charge >= 0.3 is 6.09 Å². The lowest BCUT2D eigenvalue weighted by molar-refractivity contribution is -0.152. The third kappa shape index (κ3) is 5.95. The van der Waals surface area contributed by atoms with Crippen molar-refractivity contribution in [2.75, 3.05) is 33.4 Å². The summed E-state index contributed by atoms with van der Waals surface area (Å²) >= 11 is 0. The highest BCUT2D eigenvalue weighted by Gasteiger charge is 2.53. The van der Waals surface area contributed by atoms with E-state index in [0.29, 0.717) is 37.9 Å². The molecule has 3 N–H and O–H groups in total. The number of aliphatic hydroxyl groups excluding tert-OH is 2. The lowest BCUT2D eigenvalue weighted by Crippen LogP contribution is -2.53. The Morgan fingerprint density at radius 1 is 1.11 bits per heavy atom. The fraction of sp³-hybridized carbons (Fsp3) is 0.923. The molecule has 2 saturated heterocycles. The van der Waals surface area contributed by atoms with Gasteiger partial charge in [-0.25, -0.2) is 4.79 Å². The minimum Gasteiger partial charge on any atom is -0.444 e. The summed E-state index contributed by atoms with van der Waals surface area (Å²) in [5.74, 6) is 0.593. The first-order valence-electron chi connectivity index (χ1n) is 13.3. The first-order valence-corrected chi connectivity index (χ1v) is 13.3. The van der Waals surface area contributed by atoms with Crippen LogP contribution in [-0.2, 0) is 19.0 Å². The Hall–Kier alpha value is -1.42. The number of ether oxygens (including phenoxy) is 3. The molecule has 4 rings (SSSR count). The summed E-state index contributed by atoms with van der Waals surface area (Å²) in [4.78, 5) is 27.3. The number of nitrogens with zero attached hydrogens (tertiary/aromatic N) is 1. The average molecular weight is 497 g/mol. The summed E-state index contributed by atoms with van der Waals surface area (Å²) in [5, 5.41) is 23.2. The molecule has 4 aliphatic rings. The highest BCUT2D eigenvalue weighted by molar-refractivity contribution is 5.79. The van der Waals surface area contributed by atoms with Gasteiger partial charge in [0.15, 0.2) is 0 Å². The second-order valence-electron chi connectivity index (χ2n) is 12.2. The van der Waals surface area contributed by atoms with Crippen LogP contribution in [0.1, 0.15) is 65.7 Å². The van der Waals surface area contributed by atoms with Gasteiger partial charge in [0, 0.05) is 38.1 Å². The van der Waals surface area contributed by atoms with Crippen molar-refractivity contribution >= 4 is 12.0 Å². The van der Waals surface area contributed by atoms with Crippen LogP contribution in [0.15, 0.2) is 0 Å². The maximum absolute atomic E-state index is 13.2. The second-order valence-corrected chi connectivity index (χ2v) is 12.2. The Kier molecular flexibility index (Phi) is 8.01. The van der Waals surface area contributed by atoms with Gasteiger partial charge in [-0.15, -0.1) is 0 Å². The van der Waals surface area contributed by atoms with Crippen LogP contribution in [0.5, 0.6) is 0 Å². The number of hydrogen-bond acceptors (Lipinski definition) is 7. The van der Waals surface area contributed by atoms with E-state index in [9.17, 15) is 19.8 Å². The molecule has 2 aliphatic carbocycles. The van der Waals surface area contributed by atoms with E-state index in [4.69, 9.17) is 14.2 Å². The van der Waals surface area contributed by atoms with Crippen LogP contribution in [0, 0.1) is 23.2 Å². The monoisotopic (exact) mass is 496 g/mol. The summed E-state index contributed by atoms with van der Waals surface area (Å²) in [6.45, 7) is 8.35. The summed E-state index contributed by atoms with van der Waals surface area (Å²) in [5.41, 5.74) is -0.417. The van der Waals surface area contributed by atoms with Gasteiger partial charge in [-0.1, -0.05) is 0 Å². The van der Waals surface area contributed by atoms with Crippen LogP contribution in [-0.4, -0.2) is 90.5 Å². The van der Waals surface area contributed by atoms with Crippen LogP contribution in [0.3, 0.4) is 0 Å². The first kappa shape index (κ1) is 26.6. The molecule has 2 amide bonds. The maximum Gasteiger partial charge on any atom is 0.407 e. The summed E-state index contributed by atoms with van der Waals surface area (Å²) < 4.78 is 17.0. The number of alkyl carbamates (subject to hydrolysis) is 1. The van der Waals surface area contributed by atoms with Crippen LogP contribution < -0.4 is 5.32 Å². The molecule has 0 bridgehead atoms. The molecule has 0 aromatic carbocycles. The highest BCUT2D eigenvalue weighted by atomic mass is 16.6. The number of fused-ring (bicyclic) bond motifs is 2. The van der Waals surface area contributed by atoms with Crippen molar-refractivity contribution in [2.24, 2.45) is 23.2 Å². The number of hydrogen-bond donors (Lipinski definition) is 3. The smallest absolute Gasteiger partial charge is 0.407 e. The number of carbonyl (C=O) groups is 2. The van der Waals surface area contributed by atoms with E-state index in [2.05, 4.69) is 5.32 Å². The number of likely N-dealkylation sites (tertiary alicyclic amines) is 1. The van der Waals surface area contributed by atoms with Gasteiger partial charge < -0.3 is 34.6 Å². The number of carbonyl (C=O) groups excluding carboxylic acids is 2. The van der Waals surface area contributed by atoms with E-state index in [-0.39, 0.29) is 35.9 Å². The minimum atomic E-state index is -0.940. The fourth-order valence-electron chi connectivity index (χ4n) is 6.76. The van der Waals surface area contributed by atoms with Crippen molar-refractivity contribution in [3.8, 4) is 0 Å². The molecule has 35 heavy (non-hydrogen) atoms. The van der Waals surface area contributed by atoms with Crippen LogP contribution >= 0.6 is 0 Å². The van der Waals surface area contributed by atoms with Gasteiger partial charge in [-0.2, -0.15) is 0 Å². The molecule has 200 valence electrons. The predicted molar refractivity (Wildman–Crippen MR) is 129 cm³/mol. The van der Waals surface area contributed by atoms with Crippen molar-refractivity contribution in [1.82, 2.24) is 10.2 Å². The molecule has 7 atom stereocenters. The van der Waals surface area contributed by atoms with Crippen molar-refractivity contribution in [3.63, 3.8) is 0 Å². The quantitative estimate of drug-likeness (QED) is 0.545. The van der Waals surface area contributed by atoms with E-state index in [1.165, 1.54) is 7.11 Å². The van der Waals surface area contributed by atoms with Crippen LogP contribution in [0.2, 0.25) is 0 Å². The fourth-order valence-corrected chi connectivity index (χ4v) is 6.76. The van der Waals surface area contributed by atoms with E-state index in [0.717, 1.165) is 38.7 Å². The molecule has 9 nitrogen and oxygen atoms in total. The number of aliphatic hydroxyl groups is 2. The number of methoxy groups -OCH3 is 1. The van der Waals surface area contributed by atoms with Gasteiger partial charge in [0.1, 0.15) is 11.7 Å². The van der Waals surface area contributed by atoms with E-state index in [1.807, 2.05) is 25.7 Å². The normalized spacial score (nSPS) is 37.1. The third-order valence-corrected chi connectivity index (χ3v) is 8.74. The van der Waals surface area contributed by atoms with Crippen molar-refractivity contribution in [2.45, 2.75) is 95.7 Å². The molecule has 4 fully saturated rings. The van der Waals surface area contributed by atoms with Gasteiger partial charge in [0.05, 0.1) is 24.9 Å². The molecule has 0 aromatic rings. The highest BCUT2D eigenvalue weighted by Crippen LogP contribution is 2.53. The molecular weight excluding hydrogens is 452 g/mol. The van der Waals surface area contributed by atoms with Crippen molar-refractivity contribution in [3.05, 3.63) is 0 Å². The Bertz CT molecular complexity index is 761. The van der Waals surface area contributed by atoms with Crippen molar-refractivity contribution in [1.29, 1.82) is 0 Å².